The van der Waals surface area contributed by atoms with E-state index in [1.807, 2.05) is 0 Å². The number of fused-ring (bicyclic) bond motifs is 5. The van der Waals surface area contributed by atoms with E-state index in [2.05, 4.69) is 40.7 Å². The van der Waals surface area contributed by atoms with Crippen LogP contribution < -0.4 is 0 Å². The van der Waals surface area contributed by atoms with E-state index in [0.29, 0.717) is 5.41 Å². The molecule has 3 nitrogen and oxygen atoms in total. The number of hydrogen-bond donors (Lipinski definition) is 0. The van der Waals surface area contributed by atoms with Crippen LogP contribution in [0.25, 0.3) is 0 Å². The highest BCUT2D eigenvalue weighted by Gasteiger charge is 2.59. The van der Waals surface area contributed by atoms with Gasteiger partial charge < -0.3 is 0 Å². The lowest BCUT2D eigenvalue weighted by Gasteiger charge is -2.58. The molecule has 0 N–H and O–H groups in total. The van der Waals surface area contributed by atoms with Crippen LogP contribution in [-0.4, -0.2) is 20.8 Å². The van der Waals surface area contributed by atoms with Crippen molar-refractivity contribution in [3.8, 4) is 0 Å². The SMILES string of the molecule is CC(C)CCC[C@@H](C)C1CC[C@H]2[C@H]3CC=C4C[C@H](OS(C)(=O)=O)CCC4(C)C3CCC12C. The first kappa shape index (κ1) is 24.8. The quantitative estimate of drug-likeness (QED) is 0.292. The predicted octanol–water partition coefficient (Wildman–Crippen LogP) is 7.37. The predicted molar refractivity (Wildman–Crippen MR) is 133 cm³/mol. The average Bonchev–Trinajstić information content (AvgIpc) is 3.04. The minimum atomic E-state index is -3.38. The second-order valence-electron chi connectivity index (χ2n) is 13.0. The van der Waals surface area contributed by atoms with E-state index in [-0.39, 0.29) is 11.5 Å². The first-order valence-corrected chi connectivity index (χ1v) is 15.3. The molecule has 4 heteroatoms. The normalized spacial score (nSPS) is 42.7. The monoisotopic (exact) mass is 464 g/mol. The number of rotatable bonds is 7. The van der Waals surface area contributed by atoms with Crippen LogP contribution in [0.4, 0.5) is 0 Å². The molecule has 0 aromatic rings. The largest absolute Gasteiger partial charge is 0.267 e. The van der Waals surface area contributed by atoms with Crippen LogP contribution in [0.1, 0.15) is 105 Å². The summed E-state index contributed by atoms with van der Waals surface area (Å²) in [5.41, 5.74) is 2.28. The Morgan fingerprint density at radius 3 is 2.47 bits per heavy atom. The first-order chi connectivity index (χ1) is 14.9. The summed E-state index contributed by atoms with van der Waals surface area (Å²) >= 11 is 0. The molecular formula is C28H48O3S. The van der Waals surface area contributed by atoms with Gasteiger partial charge >= 0.3 is 0 Å². The Morgan fingerprint density at radius 2 is 1.78 bits per heavy atom. The van der Waals surface area contributed by atoms with Crippen LogP contribution in [0.3, 0.4) is 0 Å². The fraction of sp³-hybridized carbons (Fsp3) is 0.929. The topological polar surface area (TPSA) is 43.4 Å². The molecule has 0 aliphatic heterocycles. The van der Waals surface area contributed by atoms with Crippen molar-refractivity contribution in [1.82, 2.24) is 0 Å². The fourth-order valence-electron chi connectivity index (χ4n) is 8.98. The van der Waals surface area contributed by atoms with Crippen LogP contribution in [-0.2, 0) is 14.3 Å². The molecule has 4 rings (SSSR count). The zero-order chi connectivity index (χ0) is 23.3. The molecule has 0 heterocycles. The third kappa shape index (κ3) is 4.61. The van der Waals surface area contributed by atoms with Crippen molar-refractivity contribution < 1.29 is 12.6 Å². The molecule has 0 aromatic carbocycles. The van der Waals surface area contributed by atoms with E-state index in [0.717, 1.165) is 54.8 Å². The van der Waals surface area contributed by atoms with Crippen LogP contribution in [0, 0.1) is 46.3 Å². The van der Waals surface area contributed by atoms with E-state index < -0.39 is 10.1 Å². The summed E-state index contributed by atoms with van der Waals surface area (Å²) in [7, 11) is -3.38. The van der Waals surface area contributed by atoms with Gasteiger partial charge in [-0.3, -0.25) is 4.18 Å². The Bertz CT molecular complexity index is 815. The minimum Gasteiger partial charge on any atom is -0.267 e. The van der Waals surface area contributed by atoms with Crippen molar-refractivity contribution in [3.05, 3.63) is 11.6 Å². The molecule has 32 heavy (non-hydrogen) atoms. The van der Waals surface area contributed by atoms with Crippen molar-refractivity contribution in [2.45, 2.75) is 111 Å². The summed E-state index contributed by atoms with van der Waals surface area (Å²) < 4.78 is 28.8. The Balaban J connectivity index is 1.47. The molecule has 4 aliphatic carbocycles. The summed E-state index contributed by atoms with van der Waals surface area (Å²) in [5, 5.41) is 0. The lowest BCUT2D eigenvalue weighted by molar-refractivity contribution is -0.0556. The van der Waals surface area contributed by atoms with E-state index in [9.17, 15) is 8.42 Å². The maximum atomic E-state index is 11.7. The zero-order valence-electron chi connectivity index (χ0n) is 21.5. The van der Waals surface area contributed by atoms with Crippen LogP contribution in [0.2, 0.25) is 0 Å². The van der Waals surface area contributed by atoms with E-state index in [4.69, 9.17) is 4.18 Å². The number of allylic oxidation sites excluding steroid dienone is 1. The maximum Gasteiger partial charge on any atom is 0.264 e. The van der Waals surface area contributed by atoms with Gasteiger partial charge in [-0.15, -0.1) is 0 Å². The Labute approximate surface area is 198 Å². The molecule has 3 fully saturated rings. The van der Waals surface area contributed by atoms with Crippen LogP contribution in [0.15, 0.2) is 11.6 Å². The van der Waals surface area contributed by atoms with E-state index in [1.54, 1.807) is 0 Å². The molecule has 4 unspecified atom stereocenters. The molecule has 184 valence electrons. The van der Waals surface area contributed by atoms with Crippen molar-refractivity contribution in [2.75, 3.05) is 6.26 Å². The van der Waals surface area contributed by atoms with Gasteiger partial charge in [-0.2, -0.15) is 8.42 Å². The van der Waals surface area contributed by atoms with Crippen LogP contribution in [0.5, 0.6) is 0 Å². The first-order valence-electron chi connectivity index (χ1n) is 13.5. The Hall–Kier alpha value is -0.350. The van der Waals surface area contributed by atoms with Crippen molar-refractivity contribution in [3.63, 3.8) is 0 Å². The molecular weight excluding hydrogens is 416 g/mol. The zero-order valence-corrected chi connectivity index (χ0v) is 22.3. The lowest BCUT2D eigenvalue weighted by Crippen LogP contribution is -2.51. The van der Waals surface area contributed by atoms with E-state index in [1.165, 1.54) is 63.2 Å². The third-order valence-corrected chi connectivity index (χ3v) is 11.2. The van der Waals surface area contributed by atoms with Gasteiger partial charge in [-0.1, -0.05) is 65.5 Å². The molecule has 0 bridgehead atoms. The Kier molecular flexibility index (Phi) is 6.98. The van der Waals surface area contributed by atoms with Crippen molar-refractivity contribution in [2.24, 2.45) is 46.3 Å². The molecule has 0 spiro atoms. The highest BCUT2D eigenvalue weighted by molar-refractivity contribution is 7.86. The van der Waals surface area contributed by atoms with Gasteiger partial charge in [0.05, 0.1) is 12.4 Å². The van der Waals surface area contributed by atoms with Gasteiger partial charge in [0.1, 0.15) is 0 Å². The standard InChI is InChI=1S/C28H48O3S/c1-19(2)8-7-9-20(3)24-12-13-25-23-11-10-21-18-22(31-32(6,29)30)14-16-27(21,4)26(23)15-17-28(24,25)5/h10,19-20,22-26H,7-9,11-18H2,1-6H3/t20-,22-,23-,24?,25+,26?,27?,28?/m1/s1. The van der Waals surface area contributed by atoms with Crippen LogP contribution >= 0.6 is 0 Å². The van der Waals surface area contributed by atoms with Crippen molar-refractivity contribution in [1.29, 1.82) is 0 Å². The molecule has 4 aliphatic rings. The third-order valence-electron chi connectivity index (χ3n) is 10.6. The summed E-state index contributed by atoms with van der Waals surface area (Å²) in [4.78, 5) is 0. The highest BCUT2D eigenvalue weighted by atomic mass is 32.2. The van der Waals surface area contributed by atoms with Gasteiger partial charge in [0.2, 0.25) is 0 Å². The maximum absolute atomic E-state index is 11.7. The molecule has 0 radical (unpaired) electrons. The highest BCUT2D eigenvalue weighted by Crippen LogP contribution is 2.67. The summed E-state index contributed by atoms with van der Waals surface area (Å²) in [6.07, 6.45) is 17.3. The molecule has 0 aromatic heterocycles. The fourth-order valence-corrected chi connectivity index (χ4v) is 9.64. The smallest absolute Gasteiger partial charge is 0.264 e. The molecule has 8 atom stereocenters. The average molecular weight is 465 g/mol. The molecule has 0 saturated heterocycles. The second-order valence-corrected chi connectivity index (χ2v) is 14.6. The van der Waals surface area contributed by atoms with Gasteiger partial charge in [0.15, 0.2) is 0 Å². The van der Waals surface area contributed by atoms with Gasteiger partial charge in [-0.05, 0) is 97.7 Å². The van der Waals surface area contributed by atoms with E-state index >= 15 is 0 Å². The summed E-state index contributed by atoms with van der Waals surface area (Å²) in [6, 6.07) is 0. The molecule has 0 amide bonds. The van der Waals surface area contributed by atoms with Gasteiger partial charge in [-0.25, -0.2) is 0 Å². The summed E-state index contributed by atoms with van der Waals surface area (Å²) in [6.45, 7) is 12.4. The summed E-state index contributed by atoms with van der Waals surface area (Å²) in [5.74, 6) is 5.05. The van der Waals surface area contributed by atoms with Crippen molar-refractivity contribution >= 4 is 10.1 Å². The lowest BCUT2D eigenvalue weighted by atomic mass is 9.47. The number of hydrogen-bond acceptors (Lipinski definition) is 3. The second kappa shape index (κ2) is 9.02. The Morgan fingerprint density at radius 1 is 1.03 bits per heavy atom. The van der Waals surface area contributed by atoms with Gasteiger partial charge in [0.25, 0.3) is 10.1 Å². The minimum absolute atomic E-state index is 0.155. The van der Waals surface area contributed by atoms with Gasteiger partial charge in [0, 0.05) is 0 Å². The molecule has 3 saturated carbocycles.